The predicted molar refractivity (Wildman–Crippen MR) is 65.0 cm³/mol. The van der Waals surface area contributed by atoms with E-state index in [4.69, 9.17) is 5.11 Å². The molecule has 0 fully saturated rings. The fourth-order valence-electron chi connectivity index (χ4n) is 1.53. The maximum absolute atomic E-state index is 12.3. The van der Waals surface area contributed by atoms with Gasteiger partial charge in [0.15, 0.2) is 0 Å². The van der Waals surface area contributed by atoms with Crippen molar-refractivity contribution in [3.63, 3.8) is 0 Å². The molecule has 0 unspecified atom stereocenters. The van der Waals surface area contributed by atoms with Crippen LogP contribution >= 0.6 is 0 Å². The molecule has 1 amide bonds. The van der Waals surface area contributed by atoms with Gasteiger partial charge in [-0.15, -0.1) is 0 Å². The number of hydrogen-bond acceptors (Lipinski definition) is 2. The number of hydrogen-bond donors (Lipinski definition) is 2. The molecule has 4 nitrogen and oxygen atoms in total. The van der Waals surface area contributed by atoms with Crippen molar-refractivity contribution >= 4 is 11.9 Å². The summed E-state index contributed by atoms with van der Waals surface area (Å²) < 4.78 is 37.0. The molecule has 0 spiro atoms. The van der Waals surface area contributed by atoms with Crippen molar-refractivity contribution in [2.75, 3.05) is 6.54 Å². The van der Waals surface area contributed by atoms with Gasteiger partial charge >= 0.3 is 12.1 Å². The van der Waals surface area contributed by atoms with Crippen LogP contribution in [0.4, 0.5) is 13.2 Å². The van der Waals surface area contributed by atoms with E-state index in [0.717, 1.165) is 12.1 Å². The normalized spacial score (nSPS) is 11.2. The van der Waals surface area contributed by atoms with Gasteiger partial charge in [0, 0.05) is 13.0 Å². The van der Waals surface area contributed by atoms with Crippen LogP contribution in [0.15, 0.2) is 24.3 Å². The van der Waals surface area contributed by atoms with Crippen molar-refractivity contribution in [1.82, 2.24) is 5.32 Å². The minimum absolute atomic E-state index is 0.0365. The molecule has 0 aliphatic rings. The SMILES string of the molecule is O=C(O)CCCNC(=O)Cc1ccc(C(F)(F)F)cc1. The molecule has 2 N–H and O–H groups in total. The first-order valence-corrected chi connectivity index (χ1v) is 5.93. The fourth-order valence-corrected chi connectivity index (χ4v) is 1.53. The van der Waals surface area contributed by atoms with Crippen molar-refractivity contribution in [3.05, 3.63) is 35.4 Å². The van der Waals surface area contributed by atoms with Crippen molar-refractivity contribution in [1.29, 1.82) is 0 Å². The quantitative estimate of drug-likeness (QED) is 0.789. The number of amides is 1. The summed E-state index contributed by atoms with van der Waals surface area (Å²) in [7, 11) is 0. The monoisotopic (exact) mass is 289 g/mol. The van der Waals surface area contributed by atoms with Gasteiger partial charge in [-0.05, 0) is 24.1 Å². The standard InChI is InChI=1S/C13H14F3NO3/c14-13(15,16)10-5-3-9(4-6-10)8-11(18)17-7-1-2-12(19)20/h3-6H,1-2,7-8H2,(H,17,18)(H,19,20). The van der Waals surface area contributed by atoms with Crippen LogP contribution in [0.1, 0.15) is 24.0 Å². The van der Waals surface area contributed by atoms with Crippen LogP contribution in [0.25, 0.3) is 0 Å². The molecule has 0 radical (unpaired) electrons. The summed E-state index contributed by atoms with van der Waals surface area (Å²) in [5, 5.41) is 10.9. The van der Waals surface area contributed by atoms with E-state index in [0.29, 0.717) is 12.0 Å². The van der Waals surface area contributed by atoms with E-state index < -0.39 is 17.7 Å². The maximum Gasteiger partial charge on any atom is 0.416 e. The van der Waals surface area contributed by atoms with Crippen LogP contribution in [0.2, 0.25) is 0 Å². The Morgan fingerprint density at radius 1 is 1.15 bits per heavy atom. The average Bonchev–Trinajstić information content (AvgIpc) is 2.34. The Kier molecular flexibility index (Phi) is 5.54. The van der Waals surface area contributed by atoms with Crippen molar-refractivity contribution in [2.24, 2.45) is 0 Å². The van der Waals surface area contributed by atoms with Gasteiger partial charge in [0.25, 0.3) is 0 Å². The number of carbonyl (C=O) groups excluding carboxylic acids is 1. The van der Waals surface area contributed by atoms with Crippen LogP contribution in [-0.4, -0.2) is 23.5 Å². The van der Waals surface area contributed by atoms with Crippen molar-refractivity contribution in [2.45, 2.75) is 25.4 Å². The topological polar surface area (TPSA) is 66.4 Å². The number of rotatable bonds is 6. The summed E-state index contributed by atoms with van der Waals surface area (Å²) in [6, 6.07) is 4.35. The van der Waals surface area contributed by atoms with Gasteiger partial charge in [-0.25, -0.2) is 0 Å². The second kappa shape index (κ2) is 6.93. The third-order valence-electron chi connectivity index (χ3n) is 2.54. The zero-order valence-corrected chi connectivity index (χ0v) is 10.5. The number of carbonyl (C=O) groups is 2. The summed E-state index contributed by atoms with van der Waals surface area (Å²) in [5.74, 6) is -1.29. The summed E-state index contributed by atoms with van der Waals surface area (Å²) in [6.45, 7) is 0.228. The zero-order chi connectivity index (χ0) is 15.2. The molecule has 7 heteroatoms. The number of carboxylic acids is 1. The van der Waals surface area contributed by atoms with E-state index in [9.17, 15) is 22.8 Å². The van der Waals surface area contributed by atoms with Crippen molar-refractivity contribution in [3.8, 4) is 0 Å². The highest BCUT2D eigenvalue weighted by atomic mass is 19.4. The molecule has 0 heterocycles. The van der Waals surface area contributed by atoms with Crippen LogP contribution < -0.4 is 5.32 Å². The highest BCUT2D eigenvalue weighted by Crippen LogP contribution is 2.29. The lowest BCUT2D eigenvalue weighted by molar-refractivity contribution is -0.138. The molecular formula is C13H14F3NO3. The molecule has 0 bridgehead atoms. The average molecular weight is 289 g/mol. The Balaban J connectivity index is 2.41. The fraction of sp³-hybridized carbons (Fsp3) is 0.385. The first-order valence-electron chi connectivity index (χ1n) is 5.93. The second-order valence-electron chi connectivity index (χ2n) is 4.22. The molecule has 20 heavy (non-hydrogen) atoms. The Labute approximate surface area is 113 Å². The number of nitrogens with one attached hydrogen (secondary N) is 1. The number of benzene rings is 1. The summed E-state index contributed by atoms with van der Waals surface area (Å²) in [6.07, 6.45) is -4.16. The van der Waals surface area contributed by atoms with Gasteiger partial charge < -0.3 is 10.4 Å². The van der Waals surface area contributed by atoms with Gasteiger partial charge in [-0.1, -0.05) is 12.1 Å². The Bertz CT molecular complexity index is 469. The number of alkyl halides is 3. The van der Waals surface area contributed by atoms with E-state index in [1.54, 1.807) is 0 Å². The lowest BCUT2D eigenvalue weighted by atomic mass is 10.1. The minimum Gasteiger partial charge on any atom is -0.481 e. The van der Waals surface area contributed by atoms with Gasteiger partial charge in [-0.2, -0.15) is 13.2 Å². The highest BCUT2D eigenvalue weighted by Gasteiger charge is 2.29. The molecule has 0 aliphatic heterocycles. The van der Waals surface area contributed by atoms with E-state index in [2.05, 4.69) is 5.32 Å². The third-order valence-corrected chi connectivity index (χ3v) is 2.54. The molecule has 0 saturated carbocycles. The number of aliphatic carboxylic acids is 1. The van der Waals surface area contributed by atoms with E-state index in [-0.39, 0.29) is 25.3 Å². The van der Waals surface area contributed by atoms with Crippen LogP contribution in [0, 0.1) is 0 Å². The molecule has 1 aromatic carbocycles. The molecule has 0 aliphatic carbocycles. The van der Waals surface area contributed by atoms with E-state index in [1.165, 1.54) is 12.1 Å². The molecular weight excluding hydrogens is 275 g/mol. The van der Waals surface area contributed by atoms with Crippen LogP contribution in [0.3, 0.4) is 0 Å². The lowest BCUT2D eigenvalue weighted by Crippen LogP contribution is -2.26. The minimum atomic E-state index is -4.39. The molecule has 110 valence electrons. The predicted octanol–water partition coefficient (Wildman–Crippen LogP) is 2.23. The highest BCUT2D eigenvalue weighted by molar-refractivity contribution is 5.78. The number of halogens is 3. The smallest absolute Gasteiger partial charge is 0.416 e. The van der Waals surface area contributed by atoms with Crippen LogP contribution in [-0.2, 0) is 22.2 Å². The molecule has 1 aromatic rings. The maximum atomic E-state index is 12.3. The van der Waals surface area contributed by atoms with E-state index in [1.807, 2.05) is 0 Å². The largest absolute Gasteiger partial charge is 0.481 e. The van der Waals surface area contributed by atoms with Gasteiger partial charge in [0.1, 0.15) is 0 Å². The Morgan fingerprint density at radius 2 is 1.75 bits per heavy atom. The summed E-state index contributed by atoms with van der Waals surface area (Å²) >= 11 is 0. The molecule has 0 aromatic heterocycles. The van der Waals surface area contributed by atoms with Gasteiger partial charge in [0.05, 0.1) is 12.0 Å². The lowest BCUT2D eigenvalue weighted by Gasteiger charge is -2.08. The Hall–Kier alpha value is -2.05. The summed E-state index contributed by atoms with van der Waals surface area (Å²) in [4.78, 5) is 21.7. The molecule has 0 atom stereocenters. The van der Waals surface area contributed by atoms with E-state index >= 15 is 0 Å². The first kappa shape index (κ1) is 16.0. The third kappa shape index (κ3) is 5.73. The molecule has 1 rings (SSSR count). The number of carboxylic acid groups (broad SMARTS) is 1. The first-order chi connectivity index (χ1) is 9.29. The summed E-state index contributed by atoms with van der Waals surface area (Å²) in [5.41, 5.74) is -0.295. The van der Waals surface area contributed by atoms with Crippen LogP contribution in [0.5, 0.6) is 0 Å². The van der Waals surface area contributed by atoms with Gasteiger partial charge in [-0.3, -0.25) is 9.59 Å². The Morgan fingerprint density at radius 3 is 2.25 bits per heavy atom. The van der Waals surface area contributed by atoms with Gasteiger partial charge in [0.2, 0.25) is 5.91 Å². The molecule has 0 saturated heterocycles. The zero-order valence-electron chi connectivity index (χ0n) is 10.5. The van der Waals surface area contributed by atoms with Crippen molar-refractivity contribution < 1.29 is 27.9 Å². The second-order valence-corrected chi connectivity index (χ2v) is 4.22.